The maximum absolute atomic E-state index is 12.8. The first-order valence-electron chi connectivity index (χ1n) is 10.8. The van der Waals surface area contributed by atoms with Crippen molar-refractivity contribution in [3.63, 3.8) is 0 Å². The molecule has 29 heavy (non-hydrogen) atoms. The van der Waals surface area contributed by atoms with E-state index in [2.05, 4.69) is 42.7 Å². The van der Waals surface area contributed by atoms with Crippen molar-refractivity contribution in [2.75, 3.05) is 18.0 Å². The molecular weight excluding hydrogens is 362 g/mol. The number of piperidine rings is 1. The average Bonchev–Trinajstić information content (AvgIpc) is 3.56. The minimum atomic E-state index is -0.222. The topological polar surface area (TPSA) is 56.7 Å². The minimum Gasteiger partial charge on any atom is -0.393 e. The number of aryl methyl sites for hydroxylation is 1. The molecule has 1 N–H and O–H groups in total. The zero-order valence-corrected chi connectivity index (χ0v) is 17.3. The molecule has 0 atom stereocenters. The number of fused-ring (bicyclic) bond motifs is 1. The van der Waals surface area contributed by atoms with Crippen molar-refractivity contribution in [3.8, 4) is 0 Å². The fraction of sp³-hybridized carbons (Fsp3) is 0.500. The summed E-state index contributed by atoms with van der Waals surface area (Å²) in [6.45, 7) is 8.04. The molecule has 2 aliphatic rings. The van der Waals surface area contributed by atoms with Gasteiger partial charge in [-0.3, -0.25) is 4.79 Å². The SMILES string of the molecule is C=CCCC(=O)N(Cc1cc2cccc(C)c2nc1N1CCC(O)CC1)C1CC1. The van der Waals surface area contributed by atoms with Crippen molar-refractivity contribution in [2.24, 2.45) is 0 Å². The number of pyridine rings is 1. The van der Waals surface area contributed by atoms with Gasteiger partial charge in [0, 0.05) is 43.0 Å². The quantitative estimate of drug-likeness (QED) is 0.724. The lowest BCUT2D eigenvalue weighted by Gasteiger charge is -2.33. The van der Waals surface area contributed by atoms with E-state index in [0.717, 1.165) is 66.6 Å². The Morgan fingerprint density at radius 3 is 2.76 bits per heavy atom. The van der Waals surface area contributed by atoms with E-state index in [-0.39, 0.29) is 12.0 Å². The van der Waals surface area contributed by atoms with Gasteiger partial charge in [-0.2, -0.15) is 0 Å². The Kier molecular flexibility index (Phi) is 5.86. The van der Waals surface area contributed by atoms with E-state index in [1.807, 2.05) is 11.0 Å². The molecule has 0 spiro atoms. The summed E-state index contributed by atoms with van der Waals surface area (Å²) in [5.41, 5.74) is 3.29. The number of allylic oxidation sites excluding steroid dienone is 1. The lowest BCUT2D eigenvalue weighted by molar-refractivity contribution is -0.132. The monoisotopic (exact) mass is 393 g/mol. The number of carbonyl (C=O) groups excluding carboxylic acids is 1. The number of para-hydroxylation sites is 1. The molecule has 0 unspecified atom stereocenters. The summed E-state index contributed by atoms with van der Waals surface area (Å²) in [6, 6.07) is 8.83. The van der Waals surface area contributed by atoms with E-state index in [9.17, 15) is 9.90 Å². The Balaban J connectivity index is 1.70. The number of rotatable bonds is 7. The van der Waals surface area contributed by atoms with Crippen LogP contribution in [0.3, 0.4) is 0 Å². The molecule has 1 saturated heterocycles. The van der Waals surface area contributed by atoms with E-state index in [1.165, 1.54) is 0 Å². The summed E-state index contributed by atoms with van der Waals surface area (Å²) >= 11 is 0. The minimum absolute atomic E-state index is 0.205. The summed E-state index contributed by atoms with van der Waals surface area (Å²) in [6.07, 6.45) is 6.53. The summed E-state index contributed by atoms with van der Waals surface area (Å²) in [4.78, 5) is 22.2. The van der Waals surface area contributed by atoms with Crippen molar-refractivity contribution in [1.82, 2.24) is 9.88 Å². The van der Waals surface area contributed by atoms with Gasteiger partial charge in [-0.25, -0.2) is 4.98 Å². The van der Waals surface area contributed by atoms with Gasteiger partial charge in [-0.05, 0) is 50.7 Å². The number of aliphatic hydroxyl groups excluding tert-OH is 1. The van der Waals surface area contributed by atoms with Gasteiger partial charge in [0.25, 0.3) is 0 Å². The van der Waals surface area contributed by atoms with Crippen LogP contribution in [0.15, 0.2) is 36.9 Å². The summed E-state index contributed by atoms with van der Waals surface area (Å²) in [7, 11) is 0. The maximum atomic E-state index is 12.8. The molecule has 5 nitrogen and oxygen atoms in total. The molecule has 2 aromatic rings. The van der Waals surface area contributed by atoms with Crippen LogP contribution in [0.1, 0.15) is 49.7 Å². The highest BCUT2D eigenvalue weighted by Crippen LogP contribution is 2.33. The number of benzene rings is 1. The number of aromatic nitrogens is 1. The van der Waals surface area contributed by atoms with Crippen LogP contribution in [0.25, 0.3) is 10.9 Å². The van der Waals surface area contributed by atoms with Gasteiger partial charge < -0.3 is 14.9 Å². The molecule has 154 valence electrons. The predicted octanol–water partition coefficient (Wildman–Crippen LogP) is 3.96. The lowest BCUT2D eigenvalue weighted by atomic mass is 10.0. The summed E-state index contributed by atoms with van der Waals surface area (Å²) < 4.78 is 0. The number of hydrogen-bond acceptors (Lipinski definition) is 4. The Hall–Kier alpha value is -2.40. The number of amides is 1. The third-order valence-electron chi connectivity index (χ3n) is 6.08. The van der Waals surface area contributed by atoms with E-state index in [4.69, 9.17) is 4.98 Å². The molecular formula is C24H31N3O2. The first kappa shape index (κ1) is 19.9. The molecule has 0 bridgehead atoms. The van der Waals surface area contributed by atoms with Gasteiger partial charge in [-0.1, -0.05) is 24.3 Å². The average molecular weight is 394 g/mol. The molecule has 1 aromatic heterocycles. The van der Waals surface area contributed by atoms with Gasteiger partial charge in [0.05, 0.1) is 11.6 Å². The number of aliphatic hydroxyl groups is 1. The summed E-state index contributed by atoms with van der Waals surface area (Å²) in [5.74, 6) is 1.18. The highest BCUT2D eigenvalue weighted by atomic mass is 16.3. The standard InChI is InChI=1S/C24H31N3O2/c1-3-4-8-22(29)27(20-9-10-20)16-19-15-18-7-5-6-17(2)23(18)25-24(19)26-13-11-21(28)12-14-26/h3,5-7,15,20-21,28H,1,4,8-14,16H2,2H3. The molecule has 1 saturated carbocycles. The fourth-order valence-electron chi connectivity index (χ4n) is 4.21. The molecule has 1 aromatic carbocycles. The van der Waals surface area contributed by atoms with Gasteiger partial charge >= 0.3 is 0 Å². The fourth-order valence-corrected chi connectivity index (χ4v) is 4.21. The van der Waals surface area contributed by atoms with Crippen LogP contribution in [0.5, 0.6) is 0 Å². The van der Waals surface area contributed by atoms with E-state index in [1.54, 1.807) is 0 Å². The summed E-state index contributed by atoms with van der Waals surface area (Å²) in [5, 5.41) is 11.1. The zero-order chi connectivity index (χ0) is 20.4. The number of nitrogens with zero attached hydrogens (tertiary/aromatic N) is 3. The second-order valence-electron chi connectivity index (χ2n) is 8.42. The van der Waals surface area contributed by atoms with E-state index < -0.39 is 0 Å². The highest BCUT2D eigenvalue weighted by Gasteiger charge is 2.33. The maximum Gasteiger partial charge on any atom is 0.223 e. The Labute approximate surface area is 173 Å². The van der Waals surface area contributed by atoms with Gasteiger partial charge in [0.1, 0.15) is 5.82 Å². The molecule has 0 radical (unpaired) electrons. The number of anilines is 1. The van der Waals surface area contributed by atoms with Crippen LogP contribution >= 0.6 is 0 Å². The molecule has 2 heterocycles. The van der Waals surface area contributed by atoms with Crippen LogP contribution in [0.2, 0.25) is 0 Å². The Morgan fingerprint density at radius 1 is 1.31 bits per heavy atom. The molecule has 5 heteroatoms. The van der Waals surface area contributed by atoms with Crippen molar-refractivity contribution in [2.45, 2.75) is 64.1 Å². The largest absolute Gasteiger partial charge is 0.393 e. The normalized spacial score (nSPS) is 17.5. The third kappa shape index (κ3) is 4.45. The Bertz CT molecular complexity index is 898. The van der Waals surface area contributed by atoms with Crippen LogP contribution in [-0.4, -0.2) is 46.1 Å². The zero-order valence-electron chi connectivity index (χ0n) is 17.3. The molecule has 4 rings (SSSR count). The second kappa shape index (κ2) is 8.54. The second-order valence-corrected chi connectivity index (χ2v) is 8.42. The van der Waals surface area contributed by atoms with E-state index in [0.29, 0.717) is 25.4 Å². The predicted molar refractivity (Wildman–Crippen MR) is 117 cm³/mol. The van der Waals surface area contributed by atoms with Gasteiger partial charge in [-0.15, -0.1) is 6.58 Å². The Morgan fingerprint density at radius 2 is 2.07 bits per heavy atom. The van der Waals surface area contributed by atoms with Crippen molar-refractivity contribution >= 4 is 22.6 Å². The molecule has 1 aliphatic carbocycles. The number of hydrogen-bond donors (Lipinski definition) is 1. The highest BCUT2D eigenvalue weighted by molar-refractivity contribution is 5.85. The van der Waals surface area contributed by atoms with Crippen molar-refractivity contribution < 1.29 is 9.90 Å². The number of carbonyl (C=O) groups is 1. The smallest absolute Gasteiger partial charge is 0.223 e. The van der Waals surface area contributed by atoms with Crippen molar-refractivity contribution in [3.05, 3.63) is 48.0 Å². The van der Waals surface area contributed by atoms with Crippen LogP contribution in [0.4, 0.5) is 5.82 Å². The van der Waals surface area contributed by atoms with Crippen LogP contribution < -0.4 is 4.90 Å². The van der Waals surface area contributed by atoms with Crippen molar-refractivity contribution in [1.29, 1.82) is 0 Å². The third-order valence-corrected chi connectivity index (χ3v) is 6.08. The van der Waals surface area contributed by atoms with Gasteiger partial charge in [0.2, 0.25) is 5.91 Å². The van der Waals surface area contributed by atoms with Crippen LogP contribution in [0, 0.1) is 6.92 Å². The first-order chi connectivity index (χ1) is 14.1. The van der Waals surface area contributed by atoms with Crippen LogP contribution in [-0.2, 0) is 11.3 Å². The molecule has 2 fully saturated rings. The molecule has 1 amide bonds. The first-order valence-corrected chi connectivity index (χ1v) is 10.8. The lowest BCUT2D eigenvalue weighted by Crippen LogP contribution is -2.38. The van der Waals surface area contributed by atoms with E-state index >= 15 is 0 Å². The van der Waals surface area contributed by atoms with Gasteiger partial charge in [0.15, 0.2) is 0 Å². The molecule has 1 aliphatic heterocycles.